The van der Waals surface area contributed by atoms with Gasteiger partial charge in [-0.1, -0.05) is 24.6 Å². The van der Waals surface area contributed by atoms with Gasteiger partial charge in [-0.2, -0.15) is 0 Å². The van der Waals surface area contributed by atoms with Gasteiger partial charge >= 0.3 is 0 Å². The number of primary amides is 1. The maximum absolute atomic E-state index is 13.3. The van der Waals surface area contributed by atoms with Gasteiger partial charge in [0.05, 0.1) is 21.7 Å². The van der Waals surface area contributed by atoms with Crippen molar-refractivity contribution in [2.24, 2.45) is 10.7 Å². The van der Waals surface area contributed by atoms with Crippen LogP contribution < -0.4 is 15.2 Å². The number of amidine groups is 1. The molecule has 2 N–H and O–H groups in total. The second kappa shape index (κ2) is 11.6. The highest BCUT2D eigenvalue weighted by atomic mass is 79.9. The SMILES string of the molecule is CCOc1cc(/C=C2/SC(=Nc3ccc(C)cc3)N([C@H](C)CC)C2=O)cc(Br)c1OCC(N)=O. The van der Waals surface area contributed by atoms with Crippen molar-refractivity contribution >= 4 is 56.4 Å². The number of nitrogens with zero attached hydrogens (tertiary/aromatic N) is 2. The van der Waals surface area contributed by atoms with Crippen LogP contribution in [0.4, 0.5) is 5.69 Å². The van der Waals surface area contributed by atoms with E-state index in [0.29, 0.717) is 32.7 Å². The van der Waals surface area contributed by atoms with Gasteiger partial charge in [0.25, 0.3) is 11.8 Å². The van der Waals surface area contributed by atoms with E-state index in [1.807, 2.05) is 64.1 Å². The van der Waals surface area contributed by atoms with Crippen molar-refractivity contribution in [1.82, 2.24) is 4.90 Å². The molecule has 2 aromatic carbocycles. The highest BCUT2D eigenvalue weighted by Crippen LogP contribution is 2.40. The number of hydrogen-bond donors (Lipinski definition) is 1. The Labute approximate surface area is 212 Å². The molecule has 3 rings (SSSR count). The number of aliphatic imine (C=N–C) groups is 1. The molecule has 180 valence electrons. The summed E-state index contributed by atoms with van der Waals surface area (Å²) in [5.41, 5.74) is 7.90. The molecule has 7 nitrogen and oxygen atoms in total. The maximum Gasteiger partial charge on any atom is 0.266 e. The first-order valence-electron chi connectivity index (χ1n) is 11.0. The highest BCUT2D eigenvalue weighted by Gasteiger charge is 2.36. The zero-order valence-corrected chi connectivity index (χ0v) is 22.0. The number of nitrogens with two attached hydrogens (primary N) is 1. The predicted octanol–water partition coefficient (Wildman–Crippen LogP) is 5.42. The Balaban J connectivity index is 1.98. The van der Waals surface area contributed by atoms with Crippen LogP contribution in [0.2, 0.25) is 0 Å². The lowest BCUT2D eigenvalue weighted by Crippen LogP contribution is -2.36. The first-order chi connectivity index (χ1) is 16.2. The molecule has 0 aromatic heterocycles. The van der Waals surface area contributed by atoms with Crippen molar-refractivity contribution in [3.05, 3.63) is 56.9 Å². The number of hydrogen-bond acceptors (Lipinski definition) is 6. The van der Waals surface area contributed by atoms with Crippen molar-refractivity contribution < 1.29 is 19.1 Å². The minimum atomic E-state index is -0.584. The molecule has 0 saturated carbocycles. The second-order valence-corrected chi connectivity index (χ2v) is 9.65. The Morgan fingerprint density at radius 3 is 2.56 bits per heavy atom. The molecule has 0 radical (unpaired) electrons. The number of halogens is 1. The summed E-state index contributed by atoms with van der Waals surface area (Å²) in [5, 5.41) is 0.653. The van der Waals surface area contributed by atoms with Crippen LogP contribution in [0.25, 0.3) is 6.08 Å². The molecule has 1 heterocycles. The highest BCUT2D eigenvalue weighted by molar-refractivity contribution is 9.10. The first-order valence-corrected chi connectivity index (χ1v) is 12.6. The minimum absolute atomic E-state index is 0.00500. The number of carbonyl (C=O) groups is 2. The molecule has 1 saturated heterocycles. The van der Waals surface area contributed by atoms with Crippen molar-refractivity contribution in [3.63, 3.8) is 0 Å². The zero-order chi connectivity index (χ0) is 24.8. The molecular formula is C25H28BrN3O4S. The van der Waals surface area contributed by atoms with Gasteiger partial charge in [0.15, 0.2) is 23.3 Å². The number of aryl methyl sites for hydroxylation is 1. The first kappa shape index (κ1) is 25.8. The van der Waals surface area contributed by atoms with Crippen LogP contribution in [0.3, 0.4) is 0 Å². The van der Waals surface area contributed by atoms with Crippen LogP contribution in [-0.2, 0) is 9.59 Å². The third-order valence-electron chi connectivity index (χ3n) is 5.12. The Kier molecular flexibility index (Phi) is 8.79. The van der Waals surface area contributed by atoms with E-state index in [1.165, 1.54) is 11.8 Å². The molecule has 1 fully saturated rings. The molecule has 9 heteroatoms. The summed E-state index contributed by atoms with van der Waals surface area (Å²) in [6, 6.07) is 11.5. The molecule has 1 atom stereocenters. The summed E-state index contributed by atoms with van der Waals surface area (Å²) < 4.78 is 11.8. The maximum atomic E-state index is 13.3. The number of amides is 2. The summed E-state index contributed by atoms with van der Waals surface area (Å²) in [6.45, 7) is 8.07. The lowest BCUT2D eigenvalue weighted by molar-refractivity contribution is -0.123. The summed E-state index contributed by atoms with van der Waals surface area (Å²) in [7, 11) is 0. The van der Waals surface area contributed by atoms with Crippen LogP contribution in [0, 0.1) is 6.92 Å². The lowest BCUT2D eigenvalue weighted by Gasteiger charge is -2.22. The Morgan fingerprint density at radius 1 is 1.24 bits per heavy atom. The molecule has 2 amide bonds. The molecule has 0 unspecified atom stereocenters. The van der Waals surface area contributed by atoms with Gasteiger partial charge in [0.1, 0.15) is 0 Å². The Morgan fingerprint density at radius 2 is 1.94 bits per heavy atom. The van der Waals surface area contributed by atoms with Crippen LogP contribution in [0.1, 0.15) is 38.3 Å². The monoisotopic (exact) mass is 545 g/mol. The zero-order valence-electron chi connectivity index (χ0n) is 19.6. The normalized spacial score (nSPS) is 16.9. The fraction of sp³-hybridized carbons (Fsp3) is 0.320. The van der Waals surface area contributed by atoms with Gasteiger partial charge < -0.3 is 15.2 Å². The molecule has 1 aliphatic rings. The fourth-order valence-corrected chi connectivity index (χ4v) is 4.90. The quantitative estimate of drug-likeness (QED) is 0.424. The van der Waals surface area contributed by atoms with Crippen LogP contribution in [-0.4, -0.2) is 41.1 Å². The molecule has 0 spiro atoms. The standard InChI is InChI=1S/C25H28BrN3O4S/c1-5-16(4)29-24(31)21(34-25(29)28-18-9-7-15(3)8-10-18)13-17-11-19(26)23(33-14-22(27)30)20(12-17)32-6-2/h7-13,16H,5-6,14H2,1-4H3,(H2,27,30)/b21-13+,28-25?/t16-/m1/s1. The Bertz CT molecular complexity index is 1130. The molecule has 0 bridgehead atoms. The number of ether oxygens (including phenoxy) is 2. The second-order valence-electron chi connectivity index (χ2n) is 7.79. The minimum Gasteiger partial charge on any atom is -0.490 e. The summed E-state index contributed by atoms with van der Waals surface area (Å²) in [6.07, 6.45) is 2.61. The summed E-state index contributed by atoms with van der Waals surface area (Å²) in [4.78, 5) is 31.6. The third-order valence-corrected chi connectivity index (χ3v) is 6.69. The van der Waals surface area contributed by atoms with Gasteiger partial charge in [-0.25, -0.2) is 4.99 Å². The lowest BCUT2D eigenvalue weighted by atomic mass is 10.1. The van der Waals surface area contributed by atoms with Gasteiger partial charge in [-0.15, -0.1) is 0 Å². The van der Waals surface area contributed by atoms with Crippen LogP contribution >= 0.6 is 27.7 Å². The van der Waals surface area contributed by atoms with E-state index in [9.17, 15) is 9.59 Å². The van der Waals surface area contributed by atoms with Gasteiger partial charge in [0.2, 0.25) is 0 Å². The number of benzene rings is 2. The van der Waals surface area contributed by atoms with Gasteiger partial charge in [-0.3, -0.25) is 14.5 Å². The van der Waals surface area contributed by atoms with Crippen LogP contribution in [0.5, 0.6) is 11.5 Å². The van der Waals surface area contributed by atoms with Crippen molar-refractivity contribution in [2.45, 2.75) is 40.2 Å². The Hall–Kier alpha value is -2.78. The molecular weight excluding hydrogens is 518 g/mol. The van der Waals surface area contributed by atoms with E-state index in [0.717, 1.165) is 23.2 Å². The molecule has 0 aliphatic carbocycles. The van der Waals surface area contributed by atoms with E-state index in [1.54, 1.807) is 11.0 Å². The van der Waals surface area contributed by atoms with Crippen molar-refractivity contribution in [1.29, 1.82) is 0 Å². The van der Waals surface area contributed by atoms with E-state index in [-0.39, 0.29) is 18.6 Å². The predicted molar refractivity (Wildman–Crippen MR) is 140 cm³/mol. The smallest absolute Gasteiger partial charge is 0.266 e. The average Bonchev–Trinajstić information content (AvgIpc) is 3.08. The van der Waals surface area contributed by atoms with E-state index in [2.05, 4.69) is 15.9 Å². The van der Waals surface area contributed by atoms with Gasteiger partial charge in [-0.05, 0) is 90.8 Å². The largest absolute Gasteiger partial charge is 0.490 e. The molecule has 1 aliphatic heterocycles. The van der Waals surface area contributed by atoms with Crippen molar-refractivity contribution in [2.75, 3.05) is 13.2 Å². The number of carbonyl (C=O) groups excluding carboxylic acids is 2. The van der Waals surface area contributed by atoms with Crippen molar-refractivity contribution in [3.8, 4) is 11.5 Å². The molecule has 34 heavy (non-hydrogen) atoms. The van der Waals surface area contributed by atoms with Crippen LogP contribution in [0.15, 0.2) is 50.8 Å². The average molecular weight is 546 g/mol. The summed E-state index contributed by atoms with van der Waals surface area (Å²) >= 11 is 4.83. The number of thioether (sulfide) groups is 1. The third kappa shape index (κ3) is 6.21. The summed E-state index contributed by atoms with van der Waals surface area (Å²) in [5.74, 6) is 0.163. The van der Waals surface area contributed by atoms with E-state index < -0.39 is 5.91 Å². The topological polar surface area (TPSA) is 94.2 Å². The fourth-order valence-electron chi connectivity index (χ4n) is 3.23. The van der Waals surface area contributed by atoms with Gasteiger partial charge in [0, 0.05) is 6.04 Å². The van der Waals surface area contributed by atoms with E-state index >= 15 is 0 Å². The van der Waals surface area contributed by atoms with E-state index in [4.69, 9.17) is 20.2 Å². The molecule has 2 aromatic rings. The number of rotatable bonds is 9.